The predicted molar refractivity (Wildman–Crippen MR) is 72.7 cm³/mol. The summed E-state index contributed by atoms with van der Waals surface area (Å²) in [4.78, 5) is 12.4. The topological polar surface area (TPSA) is 78.6 Å². The van der Waals surface area contributed by atoms with E-state index in [-0.39, 0.29) is 50.2 Å². The molecule has 2 unspecified atom stereocenters. The predicted octanol–water partition coefficient (Wildman–Crippen LogP) is 1.80. The highest BCUT2D eigenvalue weighted by Gasteiger charge is 2.44. The highest BCUT2D eigenvalue weighted by atomic mass is 19.3. The van der Waals surface area contributed by atoms with Gasteiger partial charge in [-0.25, -0.2) is 4.79 Å². The zero-order valence-corrected chi connectivity index (χ0v) is 12.3. The molecule has 0 radical (unpaired) electrons. The summed E-state index contributed by atoms with van der Waals surface area (Å²) in [5.74, 6) is -3.30. The summed E-state index contributed by atoms with van der Waals surface area (Å²) < 4.78 is 30.3. The van der Waals surface area contributed by atoms with Crippen LogP contribution in [0.2, 0.25) is 0 Å². The maximum Gasteiger partial charge on any atom is 0.407 e. The van der Waals surface area contributed by atoms with Crippen LogP contribution in [0, 0.1) is 5.92 Å². The Labute approximate surface area is 126 Å². The summed E-state index contributed by atoms with van der Waals surface area (Å²) in [5.41, 5.74) is 0.721. The molecular formula is C14H19F2N3O3. The summed E-state index contributed by atoms with van der Waals surface area (Å²) in [6.45, 7) is 1.78. The first-order valence-electron chi connectivity index (χ1n) is 7.40. The molecule has 3 rings (SSSR count). The standard InChI is InChI=1S/C14H19F2N3O3/c1-8-4-11-10(6-18(8)13(21)22)12-14(15,16)3-2-9(7-20)5-19(12)17-11/h8-9,20H,2-7H2,1H3,(H,21,22). The molecule has 0 spiro atoms. The van der Waals surface area contributed by atoms with Crippen molar-refractivity contribution in [2.75, 3.05) is 6.61 Å². The van der Waals surface area contributed by atoms with E-state index in [1.165, 1.54) is 9.58 Å². The third-order valence-electron chi connectivity index (χ3n) is 4.63. The van der Waals surface area contributed by atoms with E-state index >= 15 is 0 Å². The average Bonchev–Trinajstić information content (AvgIpc) is 2.73. The van der Waals surface area contributed by atoms with Crippen molar-refractivity contribution < 1.29 is 23.8 Å². The minimum absolute atomic E-state index is 0.0550. The Hall–Kier alpha value is -1.70. The molecule has 1 aromatic rings. The number of aliphatic hydroxyl groups is 1. The molecule has 0 saturated carbocycles. The molecule has 2 atom stereocenters. The fraction of sp³-hybridized carbons (Fsp3) is 0.714. The third kappa shape index (κ3) is 2.35. The fourth-order valence-electron chi connectivity index (χ4n) is 3.38. The number of amides is 1. The van der Waals surface area contributed by atoms with Crippen molar-refractivity contribution in [2.45, 2.75) is 51.2 Å². The van der Waals surface area contributed by atoms with E-state index < -0.39 is 12.0 Å². The van der Waals surface area contributed by atoms with Crippen molar-refractivity contribution in [3.63, 3.8) is 0 Å². The van der Waals surface area contributed by atoms with Gasteiger partial charge in [0.15, 0.2) is 0 Å². The van der Waals surface area contributed by atoms with Crippen LogP contribution in [-0.4, -0.2) is 43.6 Å². The van der Waals surface area contributed by atoms with Crippen molar-refractivity contribution in [3.8, 4) is 0 Å². The summed E-state index contributed by atoms with van der Waals surface area (Å²) in [6, 6.07) is -0.286. The number of fused-ring (bicyclic) bond motifs is 3. The molecule has 1 aromatic heterocycles. The number of carboxylic acid groups (broad SMARTS) is 1. The van der Waals surface area contributed by atoms with Crippen LogP contribution < -0.4 is 0 Å². The molecule has 2 aliphatic rings. The van der Waals surface area contributed by atoms with Gasteiger partial charge in [0.05, 0.1) is 12.2 Å². The second kappa shape index (κ2) is 5.19. The minimum Gasteiger partial charge on any atom is -0.465 e. The van der Waals surface area contributed by atoms with Crippen LogP contribution in [-0.2, 0) is 25.4 Å². The monoisotopic (exact) mass is 315 g/mol. The summed E-state index contributed by atoms with van der Waals surface area (Å²) in [7, 11) is 0. The lowest BCUT2D eigenvalue weighted by molar-refractivity contribution is -0.0229. The third-order valence-corrected chi connectivity index (χ3v) is 4.63. The second-order valence-electron chi connectivity index (χ2n) is 6.21. The maximum atomic E-state index is 14.5. The van der Waals surface area contributed by atoms with Gasteiger partial charge >= 0.3 is 6.09 Å². The molecule has 1 amide bonds. The van der Waals surface area contributed by atoms with Gasteiger partial charge in [0.2, 0.25) is 0 Å². The van der Waals surface area contributed by atoms with E-state index in [2.05, 4.69) is 5.10 Å². The van der Waals surface area contributed by atoms with Crippen LogP contribution in [0.15, 0.2) is 0 Å². The van der Waals surface area contributed by atoms with Gasteiger partial charge in [0.25, 0.3) is 5.92 Å². The number of nitrogens with zero attached hydrogens (tertiary/aromatic N) is 3. The normalized spacial score (nSPS) is 27.0. The Kier molecular flexibility index (Phi) is 3.58. The number of aromatic nitrogens is 2. The second-order valence-corrected chi connectivity index (χ2v) is 6.21. The molecule has 3 heterocycles. The maximum absolute atomic E-state index is 14.5. The van der Waals surface area contributed by atoms with Gasteiger partial charge in [-0.05, 0) is 13.3 Å². The molecule has 2 aliphatic heterocycles. The SMILES string of the molecule is CC1Cc2nn3c(c2CN1C(=O)O)C(F)(F)CCC(CO)C3. The van der Waals surface area contributed by atoms with E-state index in [1.54, 1.807) is 6.92 Å². The van der Waals surface area contributed by atoms with Gasteiger partial charge < -0.3 is 15.1 Å². The minimum atomic E-state index is -3.05. The van der Waals surface area contributed by atoms with Gasteiger partial charge in [-0.1, -0.05) is 0 Å². The number of aliphatic hydroxyl groups excluding tert-OH is 1. The van der Waals surface area contributed by atoms with Crippen LogP contribution >= 0.6 is 0 Å². The molecule has 22 heavy (non-hydrogen) atoms. The van der Waals surface area contributed by atoms with Crippen molar-refractivity contribution >= 4 is 6.09 Å². The molecule has 6 nitrogen and oxygen atoms in total. The van der Waals surface area contributed by atoms with Crippen molar-refractivity contribution in [1.82, 2.24) is 14.7 Å². The number of carbonyl (C=O) groups is 1. The van der Waals surface area contributed by atoms with E-state index in [1.807, 2.05) is 0 Å². The Morgan fingerprint density at radius 1 is 1.50 bits per heavy atom. The lowest BCUT2D eigenvalue weighted by atomic mass is 9.96. The zero-order chi connectivity index (χ0) is 16.1. The summed E-state index contributed by atoms with van der Waals surface area (Å²) in [6.07, 6.45) is -0.899. The lowest BCUT2D eigenvalue weighted by Crippen LogP contribution is -2.42. The van der Waals surface area contributed by atoms with E-state index in [9.17, 15) is 23.8 Å². The first-order valence-corrected chi connectivity index (χ1v) is 7.40. The molecule has 0 saturated heterocycles. The fourth-order valence-corrected chi connectivity index (χ4v) is 3.38. The average molecular weight is 315 g/mol. The molecule has 8 heteroatoms. The van der Waals surface area contributed by atoms with Gasteiger partial charge in [-0.15, -0.1) is 0 Å². The van der Waals surface area contributed by atoms with Crippen molar-refractivity contribution in [3.05, 3.63) is 17.0 Å². The molecular weight excluding hydrogens is 296 g/mol. The van der Waals surface area contributed by atoms with E-state index in [4.69, 9.17) is 0 Å². The first-order chi connectivity index (χ1) is 10.3. The Morgan fingerprint density at radius 2 is 2.23 bits per heavy atom. The lowest BCUT2D eigenvalue weighted by Gasteiger charge is -2.31. The van der Waals surface area contributed by atoms with Crippen LogP contribution in [0.1, 0.15) is 36.7 Å². The largest absolute Gasteiger partial charge is 0.465 e. The number of rotatable bonds is 1. The number of alkyl halides is 2. The molecule has 0 fully saturated rings. The highest BCUT2D eigenvalue weighted by molar-refractivity contribution is 5.66. The summed E-state index contributed by atoms with van der Waals surface area (Å²) >= 11 is 0. The van der Waals surface area contributed by atoms with Gasteiger partial charge in [-0.2, -0.15) is 13.9 Å². The molecule has 0 aliphatic carbocycles. The first kappa shape index (κ1) is 15.2. The molecule has 122 valence electrons. The molecule has 0 aromatic carbocycles. The highest BCUT2D eigenvalue weighted by Crippen LogP contribution is 2.42. The Bertz CT molecular complexity index is 602. The molecule has 2 N–H and O–H groups in total. The number of hydrogen-bond donors (Lipinski definition) is 2. The van der Waals surface area contributed by atoms with Gasteiger partial charge in [0.1, 0.15) is 5.69 Å². The quantitative estimate of drug-likeness (QED) is 0.828. The van der Waals surface area contributed by atoms with Crippen LogP contribution in [0.3, 0.4) is 0 Å². The van der Waals surface area contributed by atoms with E-state index in [0.717, 1.165) is 0 Å². The molecule has 0 bridgehead atoms. The number of halogens is 2. The van der Waals surface area contributed by atoms with E-state index in [0.29, 0.717) is 17.7 Å². The van der Waals surface area contributed by atoms with Crippen molar-refractivity contribution in [1.29, 1.82) is 0 Å². The Morgan fingerprint density at radius 3 is 2.86 bits per heavy atom. The summed E-state index contributed by atoms with van der Waals surface area (Å²) in [5, 5.41) is 22.8. The van der Waals surface area contributed by atoms with Crippen molar-refractivity contribution in [2.24, 2.45) is 5.92 Å². The Balaban J connectivity index is 2.06. The van der Waals surface area contributed by atoms with Crippen LogP contribution in [0.4, 0.5) is 13.6 Å². The van der Waals surface area contributed by atoms with Crippen LogP contribution in [0.25, 0.3) is 0 Å². The smallest absolute Gasteiger partial charge is 0.407 e. The van der Waals surface area contributed by atoms with Gasteiger partial charge in [0, 0.05) is 43.5 Å². The van der Waals surface area contributed by atoms with Gasteiger partial charge in [-0.3, -0.25) is 4.68 Å². The van der Waals surface area contributed by atoms with Crippen LogP contribution in [0.5, 0.6) is 0 Å². The number of hydrogen-bond acceptors (Lipinski definition) is 3. The zero-order valence-electron chi connectivity index (χ0n) is 12.3.